The van der Waals surface area contributed by atoms with Crippen LogP contribution in [0.15, 0.2) is 30.3 Å². The lowest BCUT2D eigenvalue weighted by molar-refractivity contribution is -0.0238. The van der Waals surface area contributed by atoms with Gasteiger partial charge in [-0.25, -0.2) is 0 Å². The molecule has 0 aromatic heterocycles. The summed E-state index contributed by atoms with van der Waals surface area (Å²) in [4.78, 5) is 2.55. The average Bonchev–Trinajstić information content (AvgIpc) is 2.49. The molecule has 1 aromatic carbocycles. The molecule has 1 heterocycles. The van der Waals surface area contributed by atoms with Gasteiger partial charge in [0.1, 0.15) is 0 Å². The molecule has 0 amide bonds. The van der Waals surface area contributed by atoms with E-state index in [0.717, 1.165) is 39.3 Å². The van der Waals surface area contributed by atoms with Gasteiger partial charge in [-0.05, 0) is 32.4 Å². The van der Waals surface area contributed by atoms with Gasteiger partial charge >= 0.3 is 0 Å². The van der Waals surface area contributed by atoms with Crippen molar-refractivity contribution < 1.29 is 4.74 Å². The van der Waals surface area contributed by atoms with Gasteiger partial charge in [-0.2, -0.15) is 0 Å². The van der Waals surface area contributed by atoms with Crippen LogP contribution in [0.3, 0.4) is 0 Å². The number of rotatable bonds is 6. The molecule has 1 fully saturated rings. The van der Waals surface area contributed by atoms with Crippen LogP contribution in [-0.4, -0.2) is 43.3 Å². The molecule has 1 aliphatic heterocycles. The van der Waals surface area contributed by atoms with E-state index >= 15 is 0 Å². The van der Waals surface area contributed by atoms with Crippen LogP contribution < -0.4 is 5.32 Å². The second kappa shape index (κ2) is 7.21. The molecule has 1 N–H and O–H groups in total. The Bertz CT molecular complexity index is 385. The van der Waals surface area contributed by atoms with Crippen LogP contribution in [0.1, 0.15) is 38.8 Å². The van der Waals surface area contributed by atoms with Crippen molar-refractivity contribution in [3.8, 4) is 0 Å². The highest BCUT2D eigenvalue weighted by molar-refractivity contribution is 5.22. The van der Waals surface area contributed by atoms with Gasteiger partial charge in [0.15, 0.2) is 0 Å². The fourth-order valence-electron chi connectivity index (χ4n) is 3.03. The van der Waals surface area contributed by atoms with Crippen LogP contribution in [0.4, 0.5) is 0 Å². The predicted octanol–water partition coefficient (Wildman–Crippen LogP) is 2.84. The minimum Gasteiger partial charge on any atom is -0.379 e. The molecule has 1 saturated heterocycles. The highest BCUT2D eigenvalue weighted by Gasteiger charge is 2.36. The van der Waals surface area contributed by atoms with Gasteiger partial charge in [0.2, 0.25) is 0 Å². The lowest BCUT2D eigenvalue weighted by Gasteiger charge is -2.46. The minimum absolute atomic E-state index is 0.0836. The molecule has 1 atom stereocenters. The van der Waals surface area contributed by atoms with Gasteiger partial charge in [0.05, 0.1) is 19.3 Å². The third kappa shape index (κ3) is 3.60. The fraction of sp³-hybridized carbons (Fsp3) is 0.647. The normalized spacial score (nSPS) is 18.9. The zero-order valence-corrected chi connectivity index (χ0v) is 13.1. The topological polar surface area (TPSA) is 24.5 Å². The SMILES string of the molecule is CCCNC(c1ccccc1)C(C)(C)N1CCOCC1. The highest BCUT2D eigenvalue weighted by Crippen LogP contribution is 2.31. The molecule has 3 heteroatoms. The quantitative estimate of drug-likeness (QED) is 0.864. The van der Waals surface area contributed by atoms with Gasteiger partial charge in [-0.3, -0.25) is 4.90 Å². The third-order valence-corrected chi connectivity index (χ3v) is 4.26. The molecule has 0 bridgehead atoms. The molecule has 3 nitrogen and oxygen atoms in total. The molecule has 20 heavy (non-hydrogen) atoms. The van der Waals surface area contributed by atoms with Crippen molar-refractivity contribution in [3.63, 3.8) is 0 Å². The van der Waals surface area contributed by atoms with Gasteiger partial charge in [0.25, 0.3) is 0 Å². The Morgan fingerprint density at radius 2 is 1.85 bits per heavy atom. The van der Waals surface area contributed by atoms with Crippen LogP contribution in [0.25, 0.3) is 0 Å². The number of ether oxygens (including phenoxy) is 1. The van der Waals surface area contributed by atoms with E-state index in [1.54, 1.807) is 0 Å². The maximum Gasteiger partial charge on any atom is 0.0594 e. The third-order valence-electron chi connectivity index (χ3n) is 4.26. The maximum atomic E-state index is 5.50. The molecule has 0 spiro atoms. The molecular formula is C17H28N2O. The zero-order valence-electron chi connectivity index (χ0n) is 13.1. The minimum atomic E-state index is 0.0836. The number of morpholine rings is 1. The first kappa shape index (κ1) is 15.5. The lowest BCUT2D eigenvalue weighted by atomic mass is 9.86. The Kier molecular flexibility index (Phi) is 5.58. The molecular weight excluding hydrogens is 248 g/mol. The zero-order chi connectivity index (χ0) is 14.4. The van der Waals surface area contributed by atoms with Crippen molar-refractivity contribution in [1.82, 2.24) is 10.2 Å². The number of hydrogen-bond acceptors (Lipinski definition) is 3. The summed E-state index contributed by atoms with van der Waals surface area (Å²) < 4.78 is 5.50. The largest absolute Gasteiger partial charge is 0.379 e. The van der Waals surface area contributed by atoms with Gasteiger partial charge in [-0.1, -0.05) is 37.3 Å². The maximum absolute atomic E-state index is 5.50. The van der Waals surface area contributed by atoms with Crippen LogP contribution in [0.2, 0.25) is 0 Å². The van der Waals surface area contributed by atoms with Crippen molar-refractivity contribution in [3.05, 3.63) is 35.9 Å². The molecule has 2 rings (SSSR count). The Hall–Kier alpha value is -0.900. The van der Waals surface area contributed by atoms with Gasteiger partial charge in [-0.15, -0.1) is 0 Å². The van der Waals surface area contributed by atoms with Crippen molar-refractivity contribution in [2.75, 3.05) is 32.8 Å². The van der Waals surface area contributed by atoms with Gasteiger partial charge in [0, 0.05) is 18.6 Å². The summed E-state index contributed by atoms with van der Waals surface area (Å²) in [6, 6.07) is 11.2. The van der Waals surface area contributed by atoms with E-state index in [2.05, 4.69) is 61.3 Å². The summed E-state index contributed by atoms with van der Waals surface area (Å²) in [6.07, 6.45) is 1.16. The van der Waals surface area contributed by atoms with Crippen LogP contribution >= 0.6 is 0 Å². The molecule has 0 saturated carbocycles. The second-order valence-electron chi connectivity index (χ2n) is 6.05. The monoisotopic (exact) mass is 276 g/mol. The van der Waals surface area contributed by atoms with E-state index in [9.17, 15) is 0 Å². The second-order valence-corrected chi connectivity index (χ2v) is 6.05. The summed E-state index contributed by atoms with van der Waals surface area (Å²) in [5, 5.41) is 3.74. The van der Waals surface area contributed by atoms with E-state index in [0.29, 0.717) is 6.04 Å². The standard InChI is InChI=1S/C17H28N2O/c1-4-10-18-16(15-8-6-5-7-9-15)17(2,3)19-11-13-20-14-12-19/h5-9,16,18H,4,10-14H2,1-3H3. The van der Waals surface area contributed by atoms with Gasteiger partial charge < -0.3 is 10.1 Å². The van der Waals surface area contributed by atoms with E-state index in [1.807, 2.05) is 0 Å². The molecule has 1 unspecified atom stereocenters. The first-order valence-corrected chi connectivity index (χ1v) is 7.77. The molecule has 0 aliphatic carbocycles. The summed E-state index contributed by atoms with van der Waals surface area (Å²) in [7, 11) is 0. The Morgan fingerprint density at radius 3 is 2.45 bits per heavy atom. The summed E-state index contributed by atoms with van der Waals surface area (Å²) in [5.41, 5.74) is 1.46. The first-order valence-electron chi connectivity index (χ1n) is 7.77. The number of benzene rings is 1. The lowest BCUT2D eigenvalue weighted by Crippen LogP contribution is -2.56. The van der Waals surface area contributed by atoms with Crippen LogP contribution in [0.5, 0.6) is 0 Å². The number of nitrogens with zero attached hydrogens (tertiary/aromatic N) is 1. The predicted molar refractivity (Wildman–Crippen MR) is 83.9 cm³/mol. The van der Waals surface area contributed by atoms with E-state index in [4.69, 9.17) is 4.74 Å². The van der Waals surface area contributed by atoms with E-state index < -0.39 is 0 Å². The Balaban J connectivity index is 2.19. The number of hydrogen-bond donors (Lipinski definition) is 1. The average molecular weight is 276 g/mol. The van der Waals surface area contributed by atoms with Crippen molar-refractivity contribution >= 4 is 0 Å². The number of nitrogens with one attached hydrogen (secondary N) is 1. The molecule has 112 valence electrons. The Labute approximate surface area is 123 Å². The molecule has 0 radical (unpaired) electrons. The van der Waals surface area contributed by atoms with Crippen molar-refractivity contribution in [2.45, 2.75) is 38.8 Å². The fourth-order valence-corrected chi connectivity index (χ4v) is 3.03. The first-order chi connectivity index (χ1) is 9.66. The molecule has 1 aliphatic rings. The van der Waals surface area contributed by atoms with Crippen LogP contribution in [0, 0.1) is 0 Å². The molecule has 1 aromatic rings. The summed E-state index contributed by atoms with van der Waals surface area (Å²) in [5.74, 6) is 0. The van der Waals surface area contributed by atoms with E-state index in [1.165, 1.54) is 5.56 Å². The summed E-state index contributed by atoms with van der Waals surface area (Å²) in [6.45, 7) is 11.7. The Morgan fingerprint density at radius 1 is 1.20 bits per heavy atom. The smallest absolute Gasteiger partial charge is 0.0594 e. The highest BCUT2D eigenvalue weighted by atomic mass is 16.5. The van der Waals surface area contributed by atoms with Crippen molar-refractivity contribution in [2.24, 2.45) is 0 Å². The van der Waals surface area contributed by atoms with Crippen LogP contribution in [-0.2, 0) is 4.74 Å². The van der Waals surface area contributed by atoms with Crippen molar-refractivity contribution in [1.29, 1.82) is 0 Å². The summed E-state index contributed by atoms with van der Waals surface area (Å²) >= 11 is 0. The van der Waals surface area contributed by atoms with E-state index in [-0.39, 0.29) is 5.54 Å².